The molecule has 17 heavy (non-hydrogen) atoms. The Kier molecular flexibility index (Phi) is 4.13. The van der Waals surface area contributed by atoms with E-state index in [4.69, 9.17) is 10.00 Å². The molecule has 1 N–H and O–H groups in total. The molecule has 2 unspecified atom stereocenters. The lowest BCUT2D eigenvalue weighted by Gasteiger charge is -2.03. The number of methoxy groups -OCH3 is 1. The number of nitriles is 1. The predicted molar refractivity (Wildman–Crippen MR) is 66.8 cm³/mol. The zero-order valence-corrected chi connectivity index (χ0v) is 10.1. The molecule has 3 heteroatoms. The van der Waals surface area contributed by atoms with E-state index in [0.717, 1.165) is 31.2 Å². The van der Waals surface area contributed by atoms with E-state index in [9.17, 15) is 0 Å². The first-order valence-electron chi connectivity index (χ1n) is 6.05. The fraction of sp³-hybridized carbons (Fsp3) is 0.500. The number of ether oxygens (including phenoxy) is 1. The van der Waals surface area contributed by atoms with Gasteiger partial charge in [0.15, 0.2) is 0 Å². The molecule has 0 aliphatic heterocycles. The molecule has 1 aromatic carbocycles. The summed E-state index contributed by atoms with van der Waals surface area (Å²) in [5.41, 5.74) is 2.10. The maximum absolute atomic E-state index is 8.73. The van der Waals surface area contributed by atoms with Crippen molar-refractivity contribution in [3.8, 4) is 6.07 Å². The minimum absolute atomic E-state index is 0.679. The molecule has 1 fully saturated rings. The van der Waals surface area contributed by atoms with Crippen LogP contribution in [0.5, 0.6) is 0 Å². The zero-order valence-electron chi connectivity index (χ0n) is 10.1. The van der Waals surface area contributed by atoms with Gasteiger partial charge in [0.05, 0.1) is 18.2 Å². The van der Waals surface area contributed by atoms with E-state index >= 15 is 0 Å². The Morgan fingerprint density at radius 3 is 2.82 bits per heavy atom. The number of benzene rings is 1. The van der Waals surface area contributed by atoms with E-state index in [1.807, 2.05) is 12.1 Å². The first kappa shape index (κ1) is 12.1. The monoisotopic (exact) mass is 230 g/mol. The third kappa shape index (κ3) is 3.29. The van der Waals surface area contributed by atoms with Gasteiger partial charge in [-0.15, -0.1) is 0 Å². The Labute approximate surface area is 102 Å². The molecule has 1 aliphatic carbocycles. The third-order valence-electron chi connectivity index (χ3n) is 3.28. The Balaban J connectivity index is 1.76. The maximum atomic E-state index is 8.73. The fourth-order valence-corrected chi connectivity index (χ4v) is 2.15. The fourth-order valence-electron chi connectivity index (χ4n) is 2.15. The molecule has 0 bridgehead atoms. The summed E-state index contributed by atoms with van der Waals surface area (Å²) in [5, 5.41) is 12.1. The van der Waals surface area contributed by atoms with Gasteiger partial charge in [0.25, 0.3) is 0 Å². The molecule has 1 aliphatic rings. The molecule has 0 saturated heterocycles. The van der Waals surface area contributed by atoms with Crippen LogP contribution in [0.15, 0.2) is 24.3 Å². The van der Waals surface area contributed by atoms with Gasteiger partial charge in [-0.3, -0.25) is 0 Å². The average molecular weight is 230 g/mol. The van der Waals surface area contributed by atoms with Gasteiger partial charge in [-0.25, -0.2) is 0 Å². The van der Waals surface area contributed by atoms with Crippen LogP contribution in [0.4, 0.5) is 0 Å². The van der Waals surface area contributed by atoms with Crippen LogP contribution in [-0.2, 0) is 4.74 Å². The van der Waals surface area contributed by atoms with Crippen LogP contribution in [0, 0.1) is 17.2 Å². The van der Waals surface area contributed by atoms with Crippen molar-refractivity contribution in [1.82, 2.24) is 5.32 Å². The van der Waals surface area contributed by atoms with Gasteiger partial charge in [0.2, 0.25) is 0 Å². The normalized spacial score (nSPS) is 22.1. The molecule has 0 amide bonds. The summed E-state index contributed by atoms with van der Waals surface area (Å²) in [6.07, 6.45) is 1.26. The highest BCUT2D eigenvalue weighted by Gasteiger charge is 2.37. The number of rotatable bonds is 6. The minimum atomic E-state index is 0.679. The third-order valence-corrected chi connectivity index (χ3v) is 3.28. The highest BCUT2D eigenvalue weighted by Crippen LogP contribution is 2.46. The first-order chi connectivity index (χ1) is 8.35. The van der Waals surface area contributed by atoms with Crippen LogP contribution in [0.25, 0.3) is 0 Å². The minimum Gasteiger partial charge on any atom is -0.383 e. The van der Waals surface area contributed by atoms with Crippen molar-refractivity contribution >= 4 is 0 Å². The van der Waals surface area contributed by atoms with E-state index in [2.05, 4.69) is 23.5 Å². The first-order valence-corrected chi connectivity index (χ1v) is 6.05. The van der Waals surface area contributed by atoms with Gasteiger partial charge in [-0.2, -0.15) is 5.26 Å². The van der Waals surface area contributed by atoms with Crippen molar-refractivity contribution in [2.45, 2.75) is 12.3 Å². The standard InChI is InChI=1S/C14H18N2O/c1-17-7-6-16-10-13-8-14(13)12-4-2-11(9-15)3-5-12/h2-5,13-14,16H,6-8,10H2,1H3. The van der Waals surface area contributed by atoms with Crippen LogP contribution < -0.4 is 5.32 Å². The maximum Gasteiger partial charge on any atom is 0.0991 e. The number of nitrogens with zero attached hydrogens (tertiary/aromatic N) is 1. The topological polar surface area (TPSA) is 45.0 Å². The average Bonchev–Trinajstić information content (AvgIpc) is 3.14. The number of hydrogen-bond acceptors (Lipinski definition) is 3. The molecule has 1 saturated carbocycles. The summed E-state index contributed by atoms with van der Waals surface area (Å²) >= 11 is 0. The largest absolute Gasteiger partial charge is 0.383 e. The molecule has 0 spiro atoms. The lowest BCUT2D eigenvalue weighted by molar-refractivity contribution is 0.199. The Bertz CT molecular complexity index is 394. The second kappa shape index (κ2) is 5.81. The van der Waals surface area contributed by atoms with Crippen LogP contribution >= 0.6 is 0 Å². The van der Waals surface area contributed by atoms with Crippen LogP contribution in [-0.4, -0.2) is 26.8 Å². The molecule has 0 aromatic heterocycles. The highest BCUT2D eigenvalue weighted by atomic mass is 16.5. The van der Waals surface area contributed by atoms with Crippen LogP contribution in [0.3, 0.4) is 0 Å². The lowest BCUT2D eigenvalue weighted by atomic mass is 10.1. The van der Waals surface area contributed by atoms with Gasteiger partial charge >= 0.3 is 0 Å². The van der Waals surface area contributed by atoms with Crippen molar-refractivity contribution in [3.63, 3.8) is 0 Å². The van der Waals surface area contributed by atoms with Crippen molar-refractivity contribution in [2.24, 2.45) is 5.92 Å². The summed E-state index contributed by atoms with van der Waals surface area (Å²) in [5.74, 6) is 1.43. The van der Waals surface area contributed by atoms with E-state index in [1.165, 1.54) is 12.0 Å². The Morgan fingerprint density at radius 2 is 2.18 bits per heavy atom. The summed E-state index contributed by atoms with van der Waals surface area (Å²) in [6, 6.07) is 10.1. The molecule has 90 valence electrons. The molecule has 1 aromatic rings. The number of nitrogens with one attached hydrogen (secondary N) is 1. The smallest absolute Gasteiger partial charge is 0.0991 e. The molecular formula is C14H18N2O. The van der Waals surface area contributed by atoms with Crippen molar-refractivity contribution in [2.75, 3.05) is 26.8 Å². The highest BCUT2D eigenvalue weighted by molar-refractivity contribution is 5.35. The lowest BCUT2D eigenvalue weighted by Crippen LogP contribution is -2.21. The van der Waals surface area contributed by atoms with Crippen molar-refractivity contribution in [3.05, 3.63) is 35.4 Å². The predicted octanol–water partition coefficient (Wildman–Crippen LogP) is 1.90. The van der Waals surface area contributed by atoms with Gasteiger partial charge in [0, 0.05) is 13.7 Å². The Hall–Kier alpha value is -1.37. The SMILES string of the molecule is COCCNCC1CC1c1ccc(C#N)cc1. The second-order valence-corrected chi connectivity index (χ2v) is 4.53. The van der Waals surface area contributed by atoms with Crippen LogP contribution in [0.1, 0.15) is 23.5 Å². The second-order valence-electron chi connectivity index (χ2n) is 4.53. The molecule has 2 atom stereocenters. The summed E-state index contributed by atoms with van der Waals surface area (Å²) in [4.78, 5) is 0. The summed E-state index contributed by atoms with van der Waals surface area (Å²) in [7, 11) is 1.72. The van der Waals surface area contributed by atoms with E-state index < -0.39 is 0 Å². The van der Waals surface area contributed by atoms with E-state index in [-0.39, 0.29) is 0 Å². The Morgan fingerprint density at radius 1 is 1.41 bits per heavy atom. The van der Waals surface area contributed by atoms with E-state index in [1.54, 1.807) is 7.11 Å². The quantitative estimate of drug-likeness (QED) is 0.759. The van der Waals surface area contributed by atoms with Crippen molar-refractivity contribution in [1.29, 1.82) is 5.26 Å². The summed E-state index contributed by atoms with van der Waals surface area (Å²) < 4.78 is 4.99. The molecular weight excluding hydrogens is 212 g/mol. The van der Waals surface area contributed by atoms with E-state index in [0.29, 0.717) is 5.92 Å². The van der Waals surface area contributed by atoms with Crippen LogP contribution in [0.2, 0.25) is 0 Å². The molecule has 0 radical (unpaired) electrons. The summed E-state index contributed by atoms with van der Waals surface area (Å²) in [6.45, 7) is 2.76. The molecule has 0 heterocycles. The molecule has 3 nitrogen and oxygen atoms in total. The van der Waals surface area contributed by atoms with Gasteiger partial charge < -0.3 is 10.1 Å². The van der Waals surface area contributed by atoms with Gasteiger partial charge in [0.1, 0.15) is 0 Å². The van der Waals surface area contributed by atoms with Crippen molar-refractivity contribution < 1.29 is 4.74 Å². The zero-order chi connectivity index (χ0) is 12.1. The molecule has 2 rings (SSSR count). The van der Waals surface area contributed by atoms with Gasteiger partial charge in [-0.05, 0) is 42.5 Å². The number of hydrogen-bond donors (Lipinski definition) is 1. The van der Waals surface area contributed by atoms with Gasteiger partial charge in [-0.1, -0.05) is 12.1 Å².